The van der Waals surface area contributed by atoms with Crippen LogP contribution in [0.2, 0.25) is 0 Å². The first-order valence-corrected chi connectivity index (χ1v) is 5.91. The molecule has 0 saturated carbocycles. The van der Waals surface area contributed by atoms with E-state index in [9.17, 15) is 0 Å². The van der Waals surface area contributed by atoms with E-state index in [-0.39, 0.29) is 0 Å². The molecule has 1 aromatic rings. The molecule has 92 valence electrons. The van der Waals surface area contributed by atoms with E-state index in [1.165, 1.54) is 0 Å². The summed E-state index contributed by atoms with van der Waals surface area (Å²) in [5, 5.41) is 7.62. The maximum absolute atomic E-state index is 5.39. The van der Waals surface area contributed by atoms with E-state index in [2.05, 4.69) is 36.2 Å². The van der Waals surface area contributed by atoms with E-state index in [4.69, 9.17) is 4.74 Å². The fraction of sp³-hybridized carbons (Fsp3) is 0.818. The van der Waals surface area contributed by atoms with Gasteiger partial charge in [-0.15, -0.1) is 0 Å². The predicted molar refractivity (Wildman–Crippen MR) is 63.1 cm³/mol. The van der Waals surface area contributed by atoms with Gasteiger partial charge in [0.05, 0.1) is 19.7 Å². The molecule has 0 aliphatic rings. The zero-order valence-electron chi connectivity index (χ0n) is 10.4. The Balaban J connectivity index is 2.22. The summed E-state index contributed by atoms with van der Waals surface area (Å²) in [6, 6.07) is 0.458. The van der Waals surface area contributed by atoms with Crippen LogP contribution in [0.25, 0.3) is 0 Å². The van der Waals surface area contributed by atoms with Crippen LogP contribution in [0.3, 0.4) is 0 Å². The number of nitrogens with zero attached hydrogens (tertiary/aromatic N) is 3. The number of ether oxygens (including phenoxy) is 1. The second-order valence-electron chi connectivity index (χ2n) is 4.07. The fourth-order valence-corrected chi connectivity index (χ4v) is 1.22. The van der Waals surface area contributed by atoms with E-state index >= 15 is 0 Å². The molecule has 5 nitrogen and oxygen atoms in total. The minimum absolute atomic E-state index is 0.458. The molecular weight excluding hydrogens is 204 g/mol. The van der Waals surface area contributed by atoms with Crippen LogP contribution < -0.4 is 5.32 Å². The Hall–Kier alpha value is -0.940. The lowest BCUT2D eigenvalue weighted by Gasteiger charge is -2.04. The molecule has 0 unspecified atom stereocenters. The molecule has 1 N–H and O–H groups in total. The summed E-state index contributed by atoms with van der Waals surface area (Å²) in [6.07, 6.45) is 2.81. The Morgan fingerprint density at radius 2 is 2.25 bits per heavy atom. The van der Waals surface area contributed by atoms with Crippen LogP contribution in [-0.4, -0.2) is 34.0 Å². The number of rotatable bonds is 8. The van der Waals surface area contributed by atoms with Crippen molar-refractivity contribution in [3.63, 3.8) is 0 Å². The van der Waals surface area contributed by atoms with Crippen LogP contribution in [-0.2, 0) is 17.8 Å². The van der Waals surface area contributed by atoms with Crippen LogP contribution in [0, 0.1) is 0 Å². The summed E-state index contributed by atoms with van der Waals surface area (Å²) in [5.74, 6) is 0.837. The standard InChI is InChI=1S/C11H22N4O/c1-4-6-16-7-5-15-9-13-11(14-15)8-12-10(2)3/h9-10,12H,4-8H2,1-3H3. The fourth-order valence-electron chi connectivity index (χ4n) is 1.22. The molecule has 0 atom stereocenters. The molecule has 0 amide bonds. The molecule has 0 saturated heterocycles. The van der Waals surface area contributed by atoms with Gasteiger partial charge in [-0.3, -0.25) is 4.68 Å². The van der Waals surface area contributed by atoms with Crippen molar-refractivity contribution in [1.82, 2.24) is 20.1 Å². The van der Waals surface area contributed by atoms with Crippen LogP contribution in [0.4, 0.5) is 0 Å². The largest absolute Gasteiger partial charge is 0.380 e. The maximum Gasteiger partial charge on any atom is 0.164 e. The number of aromatic nitrogens is 3. The number of hydrogen-bond acceptors (Lipinski definition) is 4. The van der Waals surface area contributed by atoms with E-state index in [0.29, 0.717) is 12.6 Å². The van der Waals surface area contributed by atoms with Gasteiger partial charge in [0.15, 0.2) is 5.82 Å². The molecule has 5 heteroatoms. The first-order chi connectivity index (χ1) is 7.72. The average molecular weight is 226 g/mol. The molecule has 0 spiro atoms. The highest BCUT2D eigenvalue weighted by Gasteiger charge is 2.01. The van der Waals surface area contributed by atoms with Crippen molar-refractivity contribution in [2.45, 2.75) is 46.3 Å². The van der Waals surface area contributed by atoms with E-state index in [1.54, 1.807) is 6.33 Å². The van der Waals surface area contributed by atoms with Crippen molar-refractivity contribution in [2.75, 3.05) is 13.2 Å². The highest BCUT2D eigenvalue weighted by atomic mass is 16.5. The minimum atomic E-state index is 0.458. The second kappa shape index (κ2) is 7.35. The predicted octanol–water partition coefficient (Wildman–Crippen LogP) is 1.20. The van der Waals surface area contributed by atoms with E-state index in [0.717, 1.165) is 31.9 Å². The smallest absolute Gasteiger partial charge is 0.164 e. The van der Waals surface area contributed by atoms with Crippen LogP contribution in [0.5, 0.6) is 0 Å². The molecular formula is C11H22N4O. The van der Waals surface area contributed by atoms with Gasteiger partial charge in [-0.1, -0.05) is 20.8 Å². The molecule has 0 radical (unpaired) electrons. The van der Waals surface area contributed by atoms with E-state index < -0.39 is 0 Å². The van der Waals surface area contributed by atoms with E-state index in [1.807, 2.05) is 4.68 Å². The summed E-state index contributed by atoms with van der Waals surface area (Å²) < 4.78 is 7.22. The molecule has 1 rings (SSSR count). The van der Waals surface area contributed by atoms with Crippen molar-refractivity contribution in [3.8, 4) is 0 Å². The SMILES string of the molecule is CCCOCCn1cnc(CNC(C)C)n1. The van der Waals surface area contributed by atoms with Crippen molar-refractivity contribution < 1.29 is 4.74 Å². The summed E-state index contributed by atoms with van der Waals surface area (Å²) in [7, 11) is 0. The van der Waals surface area contributed by atoms with Crippen molar-refractivity contribution in [3.05, 3.63) is 12.2 Å². The lowest BCUT2D eigenvalue weighted by atomic mass is 10.4. The molecule has 1 heterocycles. The Bertz CT molecular complexity index is 285. The first-order valence-electron chi connectivity index (χ1n) is 5.91. The quantitative estimate of drug-likeness (QED) is 0.677. The second-order valence-corrected chi connectivity index (χ2v) is 4.07. The summed E-state index contributed by atoms with van der Waals surface area (Å²) in [6.45, 7) is 9.33. The molecule has 0 aliphatic heterocycles. The van der Waals surface area contributed by atoms with Crippen LogP contribution >= 0.6 is 0 Å². The normalized spacial score (nSPS) is 11.2. The first kappa shape index (κ1) is 13.1. The lowest BCUT2D eigenvalue weighted by molar-refractivity contribution is 0.124. The van der Waals surface area contributed by atoms with Crippen LogP contribution in [0.1, 0.15) is 33.0 Å². The lowest BCUT2D eigenvalue weighted by Crippen LogP contribution is -2.22. The molecule has 16 heavy (non-hydrogen) atoms. The van der Waals surface area contributed by atoms with Gasteiger partial charge in [-0.2, -0.15) is 5.10 Å². The van der Waals surface area contributed by atoms with Gasteiger partial charge in [0.1, 0.15) is 6.33 Å². The van der Waals surface area contributed by atoms with Crippen molar-refractivity contribution in [2.24, 2.45) is 0 Å². The molecule has 0 aromatic carbocycles. The Kier molecular flexibility index (Phi) is 6.03. The van der Waals surface area contributed by atoms with Gasteiger partial charge in [0, 0.05) is 12.6 Å². The highest BCUT2D eigenvalue weighted by molar-refractivity contribution is 4.81. The third-order valence-corrected chi connectivity index (χ3v) is 2.07. The Morgan fingerprint density at radius 1 is 1.44 bits per heavy atom. The molecule has 1 aromatic heterocycles. The van der Waals surface area contributed by atoms with Gasteiger partial charge in [0.2, 0.25) is 0 Å². The summed E-state index contributed by atoms with van der Waals surface area (Å²) in [4.78, 5) is 4.22. The Morgan fingerprint density at radius 3 is 2.94 bits per heavy atom. The monoisotopic (exact) mass is 226 g/mol. The molecule has 0 fully saturated rings. The third kappa shape index (κ3) is 5.23. The average Bonchev–Trinajstić information content (AvgIpc) is 2.70. The van der Waals surface area contributed by atoms with Gasteiger partial charge < -0.3 is 10.1 Å². The zero-order chi connectivity index (χ0) is 11.8. The van der Waals surface area contributed by atoms with Gasteiger partial charge in [-0.05, 0) is 6.42 Å². The summed E-state index contributed by atoms with van der Waals surface area (Å²) >= 11 is 0. The number of nitrogens with one attached hydrogen (secondary N) is 1. The Labute approximate surface area is 97.2 Å². The highest BCUT2D eigenvalue weighted by Crippen LogP contribution is 1.92. The van der Waals surface area contributed by atoms with Gasteiger partial charge in [0.25, 0.3) is 0 Å². The summed E-state index contributed by atoms with van der Waals surface area (Å²) in [5.41, 5.74) is 0. The topological polar surface area (TPSA) is 52.0 Å². The third-order valence-electron chi connectivity index (χ3n) is 2.07. The number of hydrogen-bond donors (Lipinski definition) is 1. The van der Waals surface area contributed by atoms with Crippen molar-refractivity contribution in [1.29, 1.82) is 0 Å². The van der Waals surface area contributed by atoms with Gasteiger partial charge >= 0.3 is 0 Å². The minimum Gasteiger partial charge on any atom is -0.380 e. The van der Waals surface area contributed by atoms with Crippen LogP contribution in [0.15, 0.2) is 6.33 Å². The zero-order valence-corrected chi connectivity index (χ0v) is 10.4. The van der Waals surface area contributed by atoms with Gasteiger partial charge in [-0.25, -0.2) is 4.98 Å². The molecule has 0 bridgehead atoms. The maximum atomic E-state index is 5.39. The molecule has 0 aliphatic carbocycles. The van der Waals surface area contributed by atoms with Crippen molar-refractivity contribution >= 4 is 0 Å².